The van der Waals surface area contributed by atoms with Crippen molar-refractivity contribution in [2.24, 2.45) is 0 Å². The van der Waals surface area contributed by atoms with Crippen molar-refractivity contribution in [3.63, 3.8) is 0 Å². The molecule has 0 fully saturated rings. The maximum atomic E-state index is 5.23. The van der Waals surface area contributed by atoms with E-state index < -0.39 is 0 Å². The van der Waals surface area contributed by atoms with Crippen molar-refractivity contribution in [1.82, 2.24) is 19.9 Å². The van der Waals surface area contributed by atoms with E-state index in [1.165, 1.54) is 16.2 Å². The average Bonchev–Trinajstić information content (AvgIpc) is 3.19. The van der Waals surface area contributed by atoms with Gasteiger partial charge in [-0.2, -0.15) is 0 Å². The summed E-state index contributed by atoms with van der Waals surface area (Å²) in [6.45, 7) is 0. The van der Waals surface area contributed by atoms with E-state index in [2.05, 4.69) is 158 Å². The molecule has 10 aromatic rings. The minimum Gasteiger partial charge on any atom is -0.228 e. The Hall–Kier alpha value is -6.78. The van der Waals surface area contributed by atoms with Gasteiger partial charge in [-0.1, -0.05) is 146 Å². The van der Waals surface area contributed by atoms with Crippen molar-refractivity contribution in [3.05, 3.63) is 170 Å². The van der Waals surface area contributed by atoms with Gasteiger partial charge in [-0.25, -0.2) is 19.9 Å². The SMILES string of the molecule is c1ccc2c(-c3nc(-c4ccc5cc(-c6nc(-c7cccc8ccccc78)c7ccccc7n6)ccc5c4)c4ccccc4n3)cccc2c1. The first-order valence-electron chi connectivity index (χ1n) is 16.8. The van der Waals surface area contributed by atoms with Crippen LogP contribution in [0.15, 0.2) is 170 Å². The fraction of sp³-hybridized carbons (Fsp3) is 0. The molecular formula is C46H28N4. The predicted molar refractivity (Wildman–Crippen MR) is 207 cm³/mol. The minimum absolute atomic E-state index is 0.708. The molecule has 0 saturated carbocycles. The zero-order valence-electron chi connectivity index (χ0n) is 27.0. The topological polar surface area (TPSA) is 51.6 Å². The molecule has 0 saturated heterocycles. The van der Waals surface area contributed by atoms with Crippen LogP contribution in [0.4, 0.5) is 0 Å². The average molecular weight is 637 g/mol. The van der Waals surface area contributed by atoms with Gasteiger partial charge in [-0.15, -0.1) is 0 Å². The third-order valence-electron chi connectivity index (χ3n) is 9.65. The summed E-state index contributed by atoms with van der Waals surface area (Å²) in [5.74, 6) is 1.43. The van der Waals surface area contributed by atoms with E-state index in [1.54, 1.807) is 0 Å². The normalized spacial score (nSPS) is 11.6. The first-order chi connectivity index (χ1) is 24.8. The molecule has 0 bridgehead atoms. The van der Waals surface area contributed by atoms with E-state index in [1.807, 2.05) is 12.1 Å². The van der Waals surface area contributed by atoms with Crippen LogP contribution in [-0.4, -0.2) is 19.9 Å². The summed E-state index contributed by atoms with van der Waals surface area (Å²) in [6, 6.07) is 59.2. The molecule has 232 valence electrons. The minimum atomic E-state index is 0.708. The van der Waals surface area contributed by atoms with E-state index >= 15 is 0 Å². The van der Waals surface area contributed by atoms with Gasteiger partial charge in [0.25, 0.3) is 0 Å². The van der Waals surface area contributed by atoms with Crippen LogP contribution >= 0.6 is 0 Å². The Balaban J connectivity index is 1.10. The van der Waals surface area contributed by atoms with Crippen molar-refractivity contribution in [2.75, 3.05) is 0 Å². The first kappa shape index (κ1) is 28.3. The molecule has 0 aliphatic heterocycles. The fourth-order valence-corrected chi connectivity index (χ4v) is 7.21. The summed E-state index contributed by atoms with van der Waals surface area (Å²) >= 11 is 0. The van der Waals surface area contributed by atoms with Crippen LogP contribution in [0.5, 0.6) is 0 Å². The lowest BCUT2D eigenvalue weighted by Crippen LogP contribution is -1.96. The monoisotopic (exact) mass is 636 g/mol. The molecule has 0 N–H and O–H groups in total. The van der Waals surface area contributed by atoms with Gasteiger partial charge >= 0.3 is 0 Å². The second-order valence-corrected chi connectivity index (χ2v) is 12.7. The summed E-state index contributed by atoms with van der Waals surface area (Å²) < 4.78 is 0. The highest BCUT2D eigenvalue weighted by molar-refractivity contribution is 6.04. The molecule has 50 heavy (non-hydrogen) atoms. The van der Waals surface area contributed by atoms with Crippen LogP contribution in [0.2, 0.25) is 0 Å². The Morgan fingerprint density at radius 2 is 0.760 bits per heavy atom. The standard InChI is InChI=1S/C46H28N4/c1-3-15-35-29(11-1)13-9-19-37(35)44-40-18-6-8-22-42(40)47-45(50-44)34-26-24-31-27-33(25-23-32(31)28-34)43-39-17-5-7-21-41(39)48-46(49-43)38-20-10-14-30-12-2-4-16-36(30)38/h1-28H. The Labute approximate surface area is 288 Å². The molecule has 10 rings (SSSR count). The van der Waals surface area contributed by atoms with Crippen molar-refractivity contribution < 1.29 is 0 Å². The van der Waals surface area contributed by atoms with Crippen molar-refractivity contribution in [1.29, 1.82) is 0 Å². The Bertz CT molecular complexity index is 2940. The zero-order chi connectivity index (χ0) is 33.0. The molecular weight excluding hydrogens is 609 g/mol. The van der Waals surface area contributed by atoms with Crippen molar-refractivity contribution in [2.45, 2.75) is 0 Å². The number of benzene rings is 8. The summed E-state index contributed by atoms with van der Waals surface area (Å²) in [7, 11) is 0. The Kier molecular flexibility index (Phi) is 6.46. The highest BCUT2D eigenvalue weighted by Gasteiger charge is 2.16. The van der Waals surface area contributed by atoms with Crippen molar-refractivity contribution >= 4 is 54.1 Å². The third kappa shape index (κ3) is 4.69. The summed E-state index contributed by atoms with van der Waals surface area (Å²) in [5.41, 5.74) is 7.86. The molecule has 2 heterocycles. The molecule has 0 spiro atoms. The van der Waals surface area contributed by atoms with Gasteiger partial charge in [0.2, 0.25) is 0 Å². The lowest BCUT2D eigenvalue weighted by molar-refractivity contribution is 1.23. The molecule has 0 radical (unpaired) electrons. The lowest BCUT2D eigenvalue weighted by atomic mass is 9.98. The molecule has 0 amide bonds. The number of hydrogen-bond acceptors (Lipinski definition) is 4. The number of nitrogens with zero attached hydrogens (tertiary/aromatic N) is 4. The quantitative estimate of drug-likeness (QED) is 0.193. The number of rotatable bonds is 4. The molecule has 8 aromatic carbocycles. The number of fused-ring (bicyclic) bond motifs is 5. The van der Waals surface area contributed by atoms with Gasteiger partial charge in [0.1, 0.15) is 0 Å². The molecule has 4 heteroatoms. The van der Waals surface area contributed by atoms with Gasteiger partial charge in [-0.3, -0.25) is 0 Å². The van der Waals surface area contributed by atoms with E-state index in [-0.39, 0.29) is 0 Å². The third-order valence-corrected chi connectivity index (χ3v) is 9.65. The predicted octanol–water partition coefficient (Wildman–Crippen LogP) is 11.7. The largest absolute Gasteiger partial charge is 0.228 e. The molecule has 2 aromatic heterocycles. The van der Waals surface area contributed by atoms with Gasteiger partial charge < -0.3 is 0 Å². The Morgan fingerprint density at radius 1 is 0.280 bits per heavy atom. The van der Waals surface area contributed by atoms with Crippen LogP contribution in [0.1, 0.15) is 0 Å². The van der Waals surface area contributed by atoms with Crippen LogP contribution in [-0.2, 0) is 0 Å². The van der Waals surface area contributed by atoms with Gasteiger partial charge in [0.05, 0.1) is 22.4 Å². The van der Waals surface area contributed by atoms with Crippen LogP contribution in [0.3, 0.4) is 0 Å². The van der Waals surface area contributed by atoms with Gasteiger partial charge in [-0.05, 0) is 56.6 Å². The van der Waals surface area contributed by atoms with E-state index in [0.717, 1.165) is 77.4 Å². The highest BCUT2D eigenvalue weighted by atomic mass is 14.9. The second kappa shape index (κ2) is 11.4. The van der Waals surface area contributed by atoms with E-state index in [4.69, 9.17) is 19.9 Å². The smallest absolute Gasteiger partial charge is 0.161 e. The van der Waals surface area contributed by atoms with Crippen molar-refractivity contribution in [3.8, 4) is 45.3 Å². The summed E-state index contributed by atoms with van der Waals surface area (Å²) in [5, 5.41) is 8.98. The van der Waals surface area contributed by atoms with Crippen LogP contribution in [0.25, 0.3) is 99.4 Å². The molecule has 0 aliphatic rings. The van der Waals surface area contributed by atoms with Crippen LogP contribution < -0.4 is 0 Å². The number of para-hydroxylation sites is 2. The number of aromatic nitrogens is 4. The second-order valence-electron chi connectivity index (χ2n) is 12.7. The number of hydrogen-bond donors (Lipinski definition) is 0. The first-order valence-corrected chi connectivity index (χ1v) is 16.8. The van der Waals surface area contributed by atoms with Gasteiger partial charge in [0, 0.05) is 33.0 Å². The molecule has 0 aliphatic carbocycles. The molecule has 0 atom stereocenters. The highest BCUT2D eigenvalue weighted by Crippen LogP contribution is 2.36. The molecule has 4 nitrogen and oxygen atoms in total. The summed E-state index contributed by atoms with van der Waals surface area (Å²) in [4.78, 5) is 20.5. The zero-order valence-corrected chi connectivity index (χ0v) is 27.0. The maximum Gasteiger partial charge on any atom is 0.161 e. The van der Waals surface area contributed by atoms with E-state index in [0.29, 0.717) is 5.82 Å². The van der Waals surface area contributed by atoms with Gasteiger partial charge in [0.15, 0.2) is 11.6 Å². The Morgan fingerprint density at radius 3 is 1.46 bits per heavy atom. The maximum absolute atomic E-state index is 5.23. The summed E-state index contributed by atoms with van der Waals surface area (Å²) in [6.07, 6.45) is 0. The molecule has 0 unspecified atom stereocenters. The van der Waals surface area contributed by atoms with E-state index in [9.17, 15) is 0 Å². The lowest BCUT2D eigenvalue weighted by Gasteiger charge is -2.13. The fourth-order valence-electron chi connectivity index (χ4n) is 7.21. The van der Waals surface area contributed by atoms with Crippen LogP contribution in [0, 0.1) is 0 Å².